The van der Waals surface area contributed by atoms with E-state index in [1.54, 1.807) is 6.07 Å². The predicted octanol–water partition coefficient (Wildman–Crippen LogP) is 2.37. The van der Waals surface area contributed by atoms with Crippen molar-refractivity contribution in [3.63, 3.8) is 0 Å². The number of amides is 1. The van der Waals surface area contributed by atoms with Crippen LogP contribution in [-0.2, 0) is 11.3 Å². The Morgan fingerprint density at radius 1 is 1.43 bits per heavy atom. The van der Waals surface area contributed by atoms with Crippen molar-refractivity contribution in [2.75, 3.05) is 6.61 Å². The molecule has 4 nitrogen and oxygen atoms in total. The van der Waals surface area contributed by atoms with Crippen molar-refractivity contribution in [1.29, 1.82) is 0 Å². The number of halogens is 1. The molecule has 0 radical (unpaired) electrons. The molecular weight excluding hydrogens is 271 g/mol. The van der Waals surface area contributed by atoms with E-state index in [9.17, 15) is 9.18 Å². The lowest BCUT2D eigenvalue weighted by atomic mass is 10.2. The molecule has 0 spiro atoms. The molecule has 0 bridgehead atoms. The molecule has 0 aromatic heterocycles. The lowest BCUT2D eigenvalue weighted by Crippen LogP contribution is -2.27. The van der Waals surface area contributed by atoms with Crippen LogP contribution in [0.2, 0.25) is 0 Å². The van der Waals surface area contributed by atoms with Gasteiger partial charge in [0.15, 0.2) is 0 Å². The number of hydrogen-bond acceptors (Lipinski definition) is 3. The van der Waals surface area contributed by atoms with Crippen LogP contribution in [0.25, 0.3) is 0 Å². The van der Waals surface area contributed by atoms with Crippen LogP contribution in [-0.4, -0.2) is 24.6 Å². The van der Waals surface area contributed by atoms with Crippen LogP contribution in [0.15, 0.2) is 18.2 Å². The molecule has 2 rings (SSSR count). The highest BCUT2D eigenvalue weighted by atomic mass is 19.1. The first-order chi connectivity index (χ1) is 10.0. The van der Waals surface area contributed by atoms with E-state index in [0.29, 0.717) is 37.4 Å². The Hall–Kier alpha value is -1.62. The molecule has 2 N–H and O–H groups in total. The fraction of sp³-hybridized carbons (Fsp3) is 0.562. The quantitative estimate of drug-likeness (QED) is 0.774. The van der Waals surface area contributed by atoms with Gasteiger partial charge in [-0.3, -0.25) is 4.79 Å². The largest absolute Gasteiger partial charge is 0.493 e. The molecule has 0 atom stereocenters. The normalized spacial score (nSPS) is 14.3. The van der Waals surface area contributed by atoms with Crippen molar-refractivity contribution in [3.8, 4) is 5.75 Å². The van der Waals surface area contributed by atoms with Gasteiger partial charge in [0.05, 0.1) is 13.0 Å². The molecule has 0 aliphatic heterocycles. The Bertz CT molecular complexity index is 487. The van der Waals surface area contributed by atoms with Gasteiger partial charge in [-0.15, -0.1) is 0 Å². The third-order valence-corrected chi connectivity index (χ3v) is 3.25. The summed E-state index contributed by atoms with van der Waals surface area (Å²) in [4.78, 5) is 11.6. The van der Waals surface area contributed by atoms with Gasteiger partial charge < -0.3 is 15.4 Å². The number of carbonyl (C=O) groups is 1. The standard InChI is InChI=1S/C16H23FN2O2/c1-11(2)18-10-12-9-13(17)3-6-15(12)21-8-7-16(20)19-14-4-5-14/h3,6,9,11,14,18H,4-5,7-8,10H2,1-2H3,(H,19,20). The van der Waals surface area contributed by atoms with Crippen LogP contribution in [0.4, 0.5) is 4.39 Å². The highest BCUT2D eigenvalue weighted by Gasteiger charge is 2.22. The van der Waals surface area contributed by atoms with Crippen LogP contribution in [0.1, 0.15) is 38.7 Å². The maximum absolute atomic E-state index is 13.3. The van der Waals surface area contributed by atoms with Gasteiger partial charge >= 0.3 is 0 Å². The Kier molecular flexibility index (Phi) is 5.56. The van der Waals surface area contributed by atoms with Crippen LogP contribution >= 0.6 is 0 Å². The zero-order valence-corrected chi connectivity index (χ0v) is 12.6. The summed E-state index contributed by atoms with van der Waals surface area (Å²) < 4.78 is 19.0. The number of carbonyl (C=O) groups excluding carboxylic acids is 1. The Balaban J connectivity index is 1.84. The van der Waals surface area contributed by atoms with E-state index in [-0.39, 0.29) is 11.7 Å². The topological polar surface area (TPSA) is 50.4 Å². The van der Waals surface area contributed by atoms with Crippen molar-refractivity contribution >= 4 is 5.91 Å². The lowest BCUT2D eigenvalue weighted by molar-refractivity contribution is -0.121. The summed E-state index contributed by atoms with van der Waals surface area (Å²) >= 11 is 0. The van der Waals surface area contributed by atoms with Gasteiger partial charge in [0.2, 0.25) is 5.91 Å². The van der Waals surface area contributed by atoms with Crippen LogP contribution in [0.5, 0.6) is 5.75 Å². The minimum atomic E-state index is -0.283. The summed E-state index contributed by atoms with van der Waals surface area (Å²) in [6, 6.07) is 5.14. The molecule has 5 heteroatoms. The second-order valence-corrected chi connectivity index (χ2v) is 5.73. The monoisotopic (exact) mass is 294 g/mol. The van der Waals surface area contributed by atoms with Gasteiger partial charge in [-0.05, 0) is 31.0 Å². The van der Waals surface area contributed by atoms with E-state index < -0.39 is 0 Å². The van der Waals surface area contributed by atoms with Crippen LogP contribution in [0.3, 0.4) is 0 Å². The highest BCUT2D eigenvalue weighted by Crippen LogP contribution is 2.21. The molecule has 1 amide bonds. The van der Waals surface area contributed by atoms with Gasteiger partial charge in [0, 0.05) is 24.2 Å². The fourth-order valence-electron chi connectivity index (χ4n) is 1.92. The molecule has 116 valence electrons. The summed E-state index contributed by atoms with van der Waals surface area (Å²) in [5, 5.41) is 6.15. The van der Waals surface area contributed by atoms with Crippen molar-refractivity contribution in [2.24, 2.45) is 0 Å². The molecule has 1 aromatic carbocycles. The molecule has 1 aliphatic carbocycles. The lowest BCUT2D eigenvalue weighted by Gasteiger charge is -2.14. The van der Waals surface area contributed by atoms with Gasteiger partial charge in [-0.2, -0.15) is 0 Å². The summed E-state index contributed by atoms with van der Waals surface area (Å²) in [5.41, 5.74) is 0.770. The zero-order chi connectivity index (χ0) is 15.2. The Labute approximate surface area is 125 Å². The van der Waals surface area contributed by atoms with E-state index in [4.69, 9.17) is 4.74 Å². The van der Waals surface area contributed by atoms with E-state index >= 15 is 0 Å². The summed E-state index contributed by atoms with van der Waals surface area (Å²) in [6.45, 7) is 4.90. The minimum Gasteiger partial charge on any atom is -0.493 e. The molecule has 21 heavy (non-hydrogen) atoms. The number of rotatable bonds is 8. The van der Waals surface area contributed by atoms with E-state index in [0.717, 1.165) is 18.4 Å². The zero-order valence-electron chi connectivity index (χ0n) is 12.6. The highest BCUT2D eigenvalue weighted by molar-refractivity contribution is 5.76. The number of ether oxygens (including phenoxy) is 1. The number of nitrogens with one attached hydrogen (secondary N) is 2. The van der Waals surface area contributed by atoms with E-state index in [1.165, 1.54) is 12.1 Å². The van der Waals surface area contributed by atoms with Crippen molar-refractivity contribution in [3.05, 3.63) is 29.6 Å². The first-order valence-electron chi connectivity index (χ1n) is 7.48. The Morgan fingerprint density at radius 2 is 2.19 bits per heavy atom. The molecule has 1 saturated carbocycles. The van der Waals surface area contributed by atoms with E-state index in [1.807, 2.05) is 13.8 Å². The van der Waals surface area contributed by atoms with Crippen molar-refractivity contribution in [1.82, 2.24) is 10.6 Å². The maximum atomic E-state index is 13.3. The smallest absolute Gasteiger partial charge is 0.223 e. The van der Waals surface area contributed by atoms with Crippen molar-refractivity contribution in [2.45, 2.75) is 51.7 Å². The van der Waals surface area contributed by atoms with Crippen LogP contribution in [0, 0.1) is 5.82 Å². The maximum Gasteiger partial charge on any atom is 0.223 e. The summed E-state index contributed by atoms with van der Waals surface area (Å²) in [5.74, 6) is 0.361. The van der Waals surface area contributed by atoms with Crippen LogP contribution < -0.4 is 15.4 Å². The summed E-state index contributed by atoms with van der Waals surface area (Å²) in [7, 11) is 0. The predicted molar refractivity (Wildman–Crippen MR) is 79.7 cm³/mol. The average Bonchev–Trinajstić information content (AvgIpc) is 3.22. The van der Waals surface area contributed by atoms with Crippen molar-refractivity contribution < 1.29 is 13.9 Å². The third kappa shape index (κ3) is 5.71. The third-order valence-electron chi connectivity index (χ3n) is 3.25. The molecular formula is C16H23FN2O2. The van der Waals surface area contributed by atoms with Gasteiger partial charge in [-0.25, -0.2) is 4.39 Å². The second-order valence-electron chi connectivity index (χ2n) is 5.73. The second kappa shape index (κ2) is 7.41. The SMILES string of the molecule is CC(C)NCc1cc(F)ccc1OCCC(=O)NC1CC1. The fourth-order valence-corrected chi connectivity index (χ4v) is 1.92. The van der Waals surface area contributed by atoms with Gasteiger partial charge in [0.1, 0.15) is 11.6 Å². The number of benzene rings is 1. The molecule has 0 unspecified atom stereocenters. The summed E-state index contributed by atoms with van der Waals surface area (Å²) in [6.07, 6.45) is 2.48. The minimum absolute atomic E-state index is 0.0152. The first-order valence-corrected chi connectivity index (χ1v) is 7.48. The molecule has 0 saturated heterocycles. The molecule has 1 aromatic rings. The number of hydrogen-bond donors (Lipinski definition) is 2. The average molecular weight is 294 g/mol. The Morgan fingerprint density at radius 3 is 2.86 bits per heavy atom. The molecule has 1 aliphatic rings. The van der Waals surface area contributed by atoms with Gasteiger partial charge in [-0.1, -0.05) is 13.8 Å². The first kappa shape index (κ1) is 15.8. The van der Waals surface area contributed by atoms with E-state index in [2.05, 4.69) is 10.6 Å². The molecule has 0 heterocycles. The van der Waals surface area contributed by atoms with Gasteiger partial charge in [0.25, 0.3) is 0 Å². The molecule has 1 fully saturated rings.